The maximum atomic E-state index is 5.74. The highest BCUT2D eigenvalue weighted by Crippen LogP contribution is 2.36. The number of hydrogen-bond acceptors (Lipinski definition) is 1. The lowest BCUT2D eigenvalue weighted by Gasteiger charge is -2.12. The molecule has 0 radical (unpaired) electrons. The van der Waals surface area contributed by atoms with Gasteiger partial charge in [0.05, 0.1) is 0 Å². The van der Waals surface area contributed by atoms with E-state index in [2.05, 4.69) is 31.2 Å². The Morgan fingerprint density at radius 2 is 2.17 bits per heavy atom. The van der Waals surface area contributed by atoms with Gasteiger partial charge in [0.1, 0.15) is 0 Å². The number of rotatable bonds is 1. The monoisotopic (exact) mass is 161 g/mol. The molecule has 1 aromatic carbocycles. The van der Waals surface area contributed by atoms with Gasteiger partial charge < -0.3 is 5.73 Å². The molecular formula is C11H15N. The molecule has 0 spiro atoms. The van der Waals surface area contributed by atoms with Crippen LogP contribution >= 0.6 is 0 Å². The van der Waals surface area contributed by atoms with E-state index in [0.717, 1.165) is 12.5 Å². The average Bonchev–Trinajstić information content (AvgIpc) is 2.40. The topological polar surface area (TPSA) is 26.0 Å². The Hall–Kier alpha value is -0.820. The third-order valence-electron chi connectivity index (χ3n) is 2.94. The summed E-state index contributed by atoms with van der Waals surface area (Å²) in [5, 5.41) is 0. The number of benzene rings is 1. The van der Waals surface area contributed by atoms with E-state index >= 15 is 0 Å². The van der Waals surface area contributed by atoms with Crippen LogP contribution in [0.4, 0.5) is 0 Å². The largest absolute Gasteiger partial charge is 0.330 e. The standard InChI is InChI=1S/C11H15N/c1-8-6-9-4-2-3-5-10(9)11(8)7-12/h2-5,8,11H,6-7,12H2,1H3/t8-,11-/m0/s1. The van der Waals surface area contributed by atoms with E-state index < -0.39 is 0 Å². The van der Waals surface area contributed by atoms with Crippen LogP contribution in [0.15, 0.2) is 24.3 Å². The van der Waals surface area contributed by atoms with Crippen molar-refractivity contribution in [1.29, 1.82) is 0 Å². The molecule has 1 aliphatic carbocycles. The predicted molar refractivity (Wildman–Crippen MR) is 51.1 cm³/mol. The highest BCUT2D eigenvalue weighted by molar-refractivity contribution is 5.36. The van der Waals surface area contributed by atoms with E-state index in [1.54, 1.807) is 0 Å². The van der Waals surface area contributed by atoms with Gasteiger partial charge in [0.15, 0.2) is 0 Å². The molecule has 2 rings (SSSR count). The molecule has 0 bridgehead atoms. The Morgan fingerprint density at radius 1 is 1.42 bits per heavy atom. The fourth-order valence-electron chi connectivity index (χ4n) is 2.24. The fraction of sp³-hybridized carbons (Fsp3) is 0.455. The third kappa shape index (κ3) is 1.05. The number of nitrogens with two attached hydrogens (primary N) is 1. The molecule has 0 heterocycles. The molecule has 0 aliphatic heterocycles. The minimum atomic E-state index is 0.598. The van der Waals surface area contributed by atoms with Gasteiger partial charge in [-0.25, -0.2) is 0 Å². The maximum absolute atomic E-state index is 5.74. The van der Waals surface area contributed by atoms with Crippen LogP contribution in [0.5, 0.6) is 0 Å². The van der Waals surface area contributed by atoms with Gasteiger partial charge in [-0.3, -0.25) is 0 Å². The minimum absolute atomic E-state index is 0.598. The molecule has 1 aliphatic rings. The first-order valence-corrected chi connectivity index (χ1v) is 4.61. The Balaban J connectivity index is 2.40. The van der Waals surface area contributed by atoms with Crippen LogP contribution in [0.2, 0.25) is 0 Å². The second-order valence-electron chi connectivity index (χ2n) is 3.72. The normalized spacial score (nSPS) is 27.2. The fourth-order valence-corrected chi connectivity index (χ4v) is 2.24. The molecule has 0 saturated carbocycles. The van der Waals surface area contributed by atoms with E-state index in [0.29, 0.717) is 5.92 Å². The van der Waals surface area contributed by atoms with Crippen molar-refractivity contribution in [3.8, 4) is 0 Å². The first-order chi connectivity index (χ1) is 5.83. The van der Waals surface area contributed by atoms with Crippen molar-refractivity contribution in [1.82, 2.24) is 0 Å². The van der Waals surface area contributed by atoms with Crippen molar-refractivity contribution in [3.05, 3.63) is 35.4 Å². The second-order valence-corrected chi connectivity index (χ2v) is 3.72. The summed E-state index contributed by atoms with van der Waals surface area (Å²) in [6, 6.07) is 8.67. The number of hydrogen-bond donors (Lipinski definition) is 1. The van der Waals surface area contributed by atoms with Crippen LogP contribution in [0.25, 0.3) is 0 Å². The quantitative estimate of drug-likeness (QED) is 0.669. The summed E-state index contributed by atoms with van der Waals surface area (Å²) in [5.74, 6) is 1.33. The lowest BCUT2D eigenvalue weighted by atomic mass is 9.94. The summed E-state index contributed by atoms with van der Waals surface area (Å²) >= 11 is 0. The molecule has 12 heavy (non-hydrogen) atoms. The zero-order valence-electron chi connectivity index (χ0n) is 7.46. The van der Waals surface area contributed by atoms with Crippen molar-refractivity contribution in [3.63, 3.8) is 0 Å². The summed E-state index contributed by atoms with van der Waals surface area (Å²) in [7, 11) is 0. The number of fused-ring (bicyclic) bond motifs is 1. The van der Waals surface area contributed by atoms with Crippen molar-refractivity contribution in [2.75, 3.05) is 6.54 Å². The summed E-state index contributed by atoms with van der Waals surface area (Å²) in [5.41, 5.74) is 8.72. The van der Waals surface area contributed by atoms with E-state index in [9.17, 15) is 0 Å². The lowest BCUT2D eigenvalue weighted by molar-refractivity contribution is 0.506. The SMILES string of the molecule is C[C@H]1Cc2ccccc2[C@H]1CN. The molecule has 0 amide bonds. The Kier molecular flexibility index (Phi) is 1.89. The molecule has 0 aromatic heterocycles. The van der Waals surface area contributed by atoms with Crippen molar-refractivity contribution >= 4 is 0 Å². The van der Waals surface area contributed by atoms with Crippen LogP contribution < -0.4 is 5.73 Å². The second kappa shape index (κ2) is 2.91. The van der Waals surface area contributed by atoms with Crippen molar-refractivity contribution in [2.24, 2.45) is 11.7 Å². The Bertz CT molecular complexity index is 280. The van der Waals surface area contributed by atoms with Gasteiger partial charge in [-0.2, -0.15) is 0 Å². The van der Waals surface area contributed by atoms with Crippen LogP contribution in [-0.2, 0) is 6.42 Å². The van der Waals surface area contributed by atoms with Gasteiger partial charge in [-0.05, 0) is 35.9 Å². The molecule has 2 N–H and O–H groups in total. The van der Waals surface area contributed by atoms with Gasteiger partial charge in [-0.15, -0.1) is 0 Å². The molecule has 1 aromatic rings. The molecule has 0 unspecified atom stereocenters. The zero-order valence-corrected chi connectivity index (χ0v) is 7.46. The summed E-state index contributed by atoms with van der Waals surface area (Å²) < 4.78 is 0. The van der Waals surface area contributed by atoms with Crippen LogP contribution in [0.1, 0.15) is 24.0 Å². The van der Waals surface area contributed by atoms with Gasteiger partial charge in [0.25, 0.3) is 0 Å². The van der Waals surface area contributed by atoms with Crippen molar-refractivity contribution in [2.45, 2.75) is 19.3 Å². The smallest absolute Gasteiger partial charge is 0.000545 e. The molecule has 1 nitrogen and oxygen atoms in total. The van der Waals surface area contributed by atoms with Gasteiger partial charge in [-0.1, -0.05) is 31.2 Å². The van der Waals surface area contributed by atoms with Crippen LogP contribution in [0.3, 0.4) is 0 Å². The highest BCUT2D eigenvalue weighted by Gasteiger charge is 2.27. The highest BCUT2D eigenvalue weighted by atomic mass is 14.6. The Labute approximate surface area is 73.6 Å². The van der Waals surface area contributed by atoms with E-state index in [4.69, 9.17) is 5.73 Å². The summed E-state index contributed by atoms with van der Waals surface area (Å²) in [4.78, 5) is 0. The molecule has 2 atom stereocenters. The van der Waals surface area contributed by atoms with Crippen LogP contribution in [0, 0.1) is 5.92 Å². The van der Waals surface area contributed by atoms with E-state index in [1.807, 2.05) is 0 Å². The molecule has 0 saturated heterocycles. The zero-order chi connectivity index (χ0) is 8.55. The van der Waals surface area contributed by atoms with E-state index in [1.165, 1.54) is 17.5 Å². The van der Waals surface area contributed by atoms with Crippen molar-refractivity contribution < 1.29 is 0 Å². The summed E-state index contributed by atoms with van der Waals surface area (Å²) in [6.07, 6.45) is 1.21. The lowest BCUT2D eigenvalue weighted by Crippen LogP contribution is -2.15. The first kappa shape index (κ1) is 7.81. The van der Waals surface area contributed by atoms with Crippen LogP contribution in [-0.4, -0.2) is 6.54 Å². The van der Waals surface area contributed by atoms with Gasteiger partial charge in [0.2, 0.25) is 0 Å². The van der Waals surface area contributed by atoms with Gasteiger partial charge in [0, 0.05) is 0 Å². The average molecular weight is 161 g/mol. The molecular weight excluding hydrogens is 146 g/mol. The molecule has 64 valence electrons. The first-order valence-electron chi connectivity index (χ1n) is 4.61. The third-order valence-corrected chi connectivity index (χ3v) is 2.94. The van der Waals surface area contributed by atoms with Gasteiger partial charge >= 0.3 is 0 Å². The molecule has 0 fully saturated rings. The maximum Gasteiger partial charge on any atom is -0.000545 e. The minimum Gasteiger partial charge on any atom is -0.330 e. The predicted octanol–water partition coefficient (Wildman–Crippen LogP) is 1.92. The summed E-state index contributed by atoms with van der Waals surface area (Å²) in [6.45, 7) is 3.08. The van der Waals surface area contributed by atoms with E-state index in [-0.39, 0.29) is 0 Å². The Morgan fingerprint density at radius 3 is 2.92 bits per heavy atom. The molecule has 1 heteroatoms.